The van der Waals surface area contributed by atoms with E-state index < -0.39 is 0 Å². The van der Waals surface area contributed by atoms with E-state index in [-0.39, 0.29) is 6.04 Å². The second-order valence-electron chi connectivity index (χ2n) is 4.79. The molecule has 2 atom stereocenters. The van der Waals surface area contributed by atoms with Crippen molar-refractivity contribution in [2.45, 2.75) is 45.7 Å². The second kappa shape index (κ2) is 6.27. The molecular formula is C14H23ClN2. The van der Waals surface area contributed by atoms with E-state index in [2.05, 4.69) is 31.9 Å². The maximum absolute atomic E-state index is 6.28. The lowest BCUT2D eigenvalue weighted by atomic mass is 10.0. The number of halogens is 1. The van der Waals surface area contributed by atoms with E-state index in [1.807, 2.05) is 19.1 Å². The number of hydrogen-bond acceptors (Lipinski definition) is 2. The van der Waals surface area contributed by atoms with Crippen LogP contribution in [0.15, 0.2) is 18.2 Å². The van der Waals surface area contributed by atoms with Gasteiger partial charge in [0.2, 0.25) is 0 Å². The summed E-state index contributed by atoms with van der Waals surface area (Å²) in [5, 5.41) is 0.815. The summed E-state index contributed by atoms with van der Waals surface area (Å²) in [6.07, 6.45) is 1.93. The van der Waals surface area contributed by atoms with Crippen LogP contribution < -0.4 is 10.6 Å². The number of hydrogen-bond donors (Lipinski definition) is 1. The molecule has 0 aromatic heterocycles. The summed E-state index contributed by atoms with van der Waals surface area (Å²) in [4.78, 5) is 2.28. The molecule has 1 aromatic carbocycles. The first-order chi connectivity index (χ1) is 7.97. The molecule has 2 unspecified atom stereocenters. The molecule has 0 spiro atoms. The van der Waals surface area contributed by atoms with Crippen LogP contribution in [-0.2, 0) is 6.42 Å². The summed E-state index contributed by atoms with van der Waals surface area (Å²) in [7, 11) is 2.12. The molecule has 96 valence electrons. The SMILES string of the molecule is CCC(C)N(C)c1cccc(Cl)c1CC(C)N. The monoisotopic (exact) mass is 254 g/mol. The van der Waals surface area contributed by atoms with Gasteiger partial charge < -0.3 is 10.6 Å². The molecule has 0 radical (unpaired) electrons. The van der Waals surface area contributed by atoms with Gasteiger partial charge in [-0.15, -0.1) is 0 Å². The van der Waals surface area contributed by atoms with Crippen LogP contribution in [-0.4, -0.2) is 19.1 Å². The molecule has 1 rings (SSSR count). The number of nitrogens with zero attached hydrogens (tertiary/aromatic N) is 1. The van der Waals surface area contributed by atoms with Gasteiger partial charge in [-0.1, -0.05) is 24.6 Å². The molecule has 3 heteroatoms. The van der Waals surface area contributed by atoms with Crippen molar-refractivity contribution in [2.24, 2.45) is 5.73 Å². The van der Waals surface area contributed by atoms with Crippen molar-refractivity contribution in [2.75, 3.05) is 11.9 Å². The Labute approximate surface area is 110 Å². The first kappa shape index (κ1) is 14.3. The first-order valence-electron chi connectivity index (χ1n) is 6.23. The van der Waals surface area contributed by atoms with Gasteiger partial charge in [0.15, 0.2) is 0 Å². The Kier molecular flexibility index (Phi) is 5.29. The largest absolute Gasteiger partial charge is 0.372 e. The fourth-order valence-corrected chi connectivity index (χ4v) is 2.16. The van der Waals surface area contributed by atoms with Crippen LogP contribution in [0.3, 0.4) is 0 Å². The molecule has 2 N–H and O–H groups in total. The Morgan fingerprint density at radius 2 is 2.00 bits per heavy atom. The van der Waals surface area contributed by atoms with Gasteiger partial charge in [0.25, 0.3) is 0 Å². The Morgan fingerprint density at radius 1 is 1.35 bits per heavy atom. The molecule has 0 aliphatic rings. The van der Waals surface area contributed by atoms with Crippen molar-refractivity contribution in [3.05, 3.63) is 28.8 Å². The average molecular weight is 255 g/mol. The smallest absolute Gasteiger partial charge is 0.0459 e. The van der Waals surface area contributed by atoms with Gasteiger partial charge >= 0.3 is 0 Å². The van der Waals surface area contributed by atoms with Crippen LogP contribution in [0.2, 0.25) is 5.02 Å². The third kappa shape index (κ3) is 3.62. The summed E-state index contributed by atoms with van der Waals surface area (Å²) < 4.78 is 0. The predicted octanol–water partition coefficient (Wildman–Crippen LogP) is 3.46. The first-order valence-corrected chi connectivity index (χ1v) is 6.61. The summed E-state index contributed by atoms with van der Waals surface area (Å²) >= 11 is 6.28. The number of nitrogens with two attached hydrogens (primary N) is 1. The molecule has 0 amide bonds. The third-order valence-corrected chi connectivity index (χ3v) is 3.61. The van der Waals surface area contributed by atoms with Gasteiger partial charge in [0, 0.05) is 29.8 Å². The van der Waals surface area contributed by atoms with Gasteiger partial charge in [-0.25, -0.2) is 0 Å². The van der Waals surface area contributed by atoms with Gasteiger partial charge in [0.1, 0.15) is 0 Å². The lowest BCUT2D eigenvalue weighted by molar-refractivity contribution is 0.656. The molecule has 0 bridgehead atoms. The van der Waals surface area contributed by atoms with Crippen LogP contribution in [0.4, 0.5) is 5.69 Å². The maximum Gasteiger partial charge on any atom is 0.0459 e. The lowest BCUT2D eigenvalue weighted by Crippen LogP contribution is -2.30. The number of rotatable bonds is 5. The van der Waals surface area contributed by atoms with E-state index in [4.69, 9.17) is 17.3 Å². The highest BCUT2D eigenvalue weighted by molar-refractivity contribution is 6.31. The molecule has 0 saturated carbocycles. The molecule has 0 aliphatic carbocycles. The highest BCUT2D eigenvalue weighted by Gasteiger charge is 2.15. The fraction of sp³-hybridized carbons (Fsp3) is 0.571. The summed E-state index contributed by atoms with van der Waals surface area (Å²) in [6.45, 7) is 6.42. The van der Waals surface area contributed by atoms with Crippen LogP contribution in [0.25, 0.3) is 0 Å². The fourth-order valence-electron chi connectivity index (χ4n) is 1.91. The number of anilines is 1. The van der Waals surface area contributed by atoms with Gasteiger partial charge in [0.05, 0.1) is 0 Å². The molecular weight excluding hydrogens is 232 g/mol. The minimum atomic E-state index is 0.124. The Hall–Kier alpha value is -0.730. The zero-order valence-electron chi connectivity index (χ0n) is 11.2. The third-order valence-electron chi connectivity index (χ3n) is 3.25. The van der Waals surface area contributed by atoms with Crippen molar-refractivity contribution >= 4 is 17.3 Å². The molecule has 17 heavy (non-hydrogen) atoms. The van der Waals surface area contributed by atoms with Crippen molar-refractivity contribution in [3.8, 4) is 0 Å². The van der Waals surface area contributed by atoms with Crippen molar-refractivity contribution in [3.63, 3.8) is 0 Å². The van der Waals surface area contributed by atoms with E-state index in [9.17, 15) is 0 Å². The van der Waals surface area contributed by atoms with Crippen molar-refractivity contribution in [1.29, 1.82) is 0 Å². The van der Waals surface area contributed by atoms with Crippen LogP contribution >= 0.6 is 11.6 Å². The van der Waals surface area contributed by atoms with Gasteiger partial charge in [-0.3, -0.25) is 0 Å². The summed E-state index contributed by atoms with van der Waals surface area (Å²) in [5.74, 6) is 0. The van der Waals surface area contributed by atoms with Crippen LogP contribution in [0, 0.1) is 0 Å². The van der Waals surface area contributed by atoms with Crippen LogP contribution in [0.1, 0.15) is 32.8 Å². The van der Waals surface area contributed by atoms with Crippen LogP contribution in [0.5, 0.6) is 0 Å². The van der Waals surface area contributed by atoms with Crippen molar-refractivity contribution < 1.29 is 0 Å². The maximum atomic E-state index is 6.28. The quantitative estimate of drug-likeness (QED) is 0.872. The molecule has 0 heterocycles. The topological polar surface area (TPSA) is 29.3 Å². The molecule has 0 fully saturated rings. The Balaban J connectivity index is 3.09. The Bertz CT molecular complexity index is 363. The lowest BCUT2D eigenvalue weighted by Gasteiger charge is -2.29. The standard InChI is InChI=1S/C14H23ClN2/c1-5-11(3)17(4)14-8-6-7-13(15)12(14)9-10(2)16/h6-8,10-11H,5,9,16H2,1-4H3. The molecule has 0 aliphatic heterocycles. The van der Waals surface area contributed by atoms with E-state index in [0.717, 1.165) is 23.4 Å². The summed E-state index contributed by atoms with van der Waals surface area (Å²) in [5.41, 5.74) is 8.25. The van der Waals surface area contributed by atoms with Gasteiger partial charge in [-0.05, 0) is 44.4 Å². The average Bonchev–Trinajstić information content (AvgIpc) is 2.29. The minimum Gasteiger partial charge on any atom is -0.372 e. The van der Waals surface area contributed by atoms with E-state index in [1.54, 1.807) is 0 Å². The van der Waals surface area contributed by atoms with Crippen molar-refractivity contribution in [1.82, 2.24) is 0 Å². The summed E-state index contributed by atoms with van der Waals surface area (Å²) in [6, 6.07) is 6.68. The zero-order chi connectivity index (χ0) is 13.0. The van der Waals surface area contributed by atoms with Gasteiger partial charge in [-0.2, -0.15) is 0 Å². The highest BCUT2D eigenvalue weighted by Crippen LogP contribution is 2.29. The Morgan fingerprint density at radius 3 is 2.53 bits per heavy atom. The molecule has 1 aromatic rings. The normalized spacial score (nSPS) is 14.5. The predicted molar refractivity (Wildman–Crippen MR) is 77.0 cm³/mol. The van der Waals surface area contributed by atoms with E-state index >= 15 is 0 Å². The number of benzene rings is 1. The second-order valence-corrected chi connectivity index (χ2v) is 5.19. The minimum absolute atomic E-state index is 0.124. The van der Waals surface area contributed by atoms with E-state index in [0.29, 0.717) is 6.04 Å². The van der Waals surface area contributed by atoms with E-state index in [1.165, 1.54) is 5.69 Å². The highest BCUT2D eigenvalue weighted by atomic mass is 35.5. The molecule has 0 saturated heterocycles. The zero-order valence-corrected chi connectivity index (χ0v) is 12.0. The molecule has 2 nitrogen and oxygen atoms in total.